The van der Waals surface area contributed by atoms with Crippen LogP contribution in [0.25, 0.3) is 10.9 Å². The molecule has 1 saturated heterocycles. The number of amides is 1. The third-order valence-corrected chi connectivity index (χ3v) is 6.92. The van der Waals surface area contributed by atoms with Crippen LogP contribution in [-0.4, -0.2) is 62.9 Å². The van der Waals surface area contributed by atoms with Gasteiger partial charge < -0.3 is 14.5 Å². The fourth-order valence-electron chi connectivity index (χ4n) is 5.19. The average molecular weight is 483 g/mol. The van der Waals surface area contributed by atoms with Gasteiger partial charge in [0, 0.05) is 37.1 Å². The van der Waals surface area contributed by atoms with Crippen molar-refractivity contribution in [3.8, 4) is 0 Å². The molecule has 1 aromatic carbocycles. The monoisotopic (exact) mass is 482 g/mol. The van der Waals surface area contributed by atoms with Gasteiger partial charge in [-0.15, -0.1) is 0 Å². The molecule has 8 nitrogen and oxygen atoms in total. The molecule has 3 aromatic rings. The molecule has 1 amide bonds. The lowest BCUT2D eigenvalue weighted by Crippen LogP contribution is -2.50. The highest BCUT2D eigenvalue weighted by atomic mass is 35.5. The summed E-state index contributed by atoms with van der Waals surface area (Å²) >= 11 is 6.41. The number of carbonyl (C=O) groups excluding carboxylic acids is 1. The van der Waals surface area contributed by atoms with Crippen LogP contribution in [-0.2, 0) is 17.6 Å². The van der Waals surface area contributed by atoms with Gasteiger partial charge in [-0.25, -0.2) is 14.8 Å². The predicted molar refractivity (Wildman–Crippen MR) is 133 cm³/mol. The Morgan fingerprint density at radius 2 is 1.94 bits per heavy atom. The molecule has 180 valence electrons. The second kappa shape index (κ2) is 8.73. The smallest absolute Gasteiger partial charge is 0.410 e. The number of halogens is 1. The Morgan fingerprint density at radius 3 is 2.68 bits per heavy atom. The van der Waals surface area contributed by atoms with Crippen molar-refractivity contribution >= 4 is 34.4 Å². The van der Waals surface area contributed by atoms with Crippen molar-refractivity contribution in [2.75, 3.05) is 31.1 Å². The lowest BCUT2D eigenvalue weighted by atomic mass is 9.79. The van der Waals surface area contributed by atoms with Gasteiger partial charge in [0.15, 0.2) is 0 Å². The number of piperazine rings is 1. The molecule has 1 atom stereocenters. The second-order valence-electron chi connectivity index (χ2n) is 10.3. The number of aromatic amines is 1. The zero-order valence-corrected chi connectivity index (χ0v) is 20.9. The molecule has 1 aliphatic heterocycles. The first kappa shape index (κ1) is 22.9. The lowest BCUT2D eigenvalue weighted by Gasteiger charge is -2.38. The summed E-state index contributed by atoms with van der Waals surface area (Å²) in [6.45, 7) is 10.4. The quantitative estimate of drug-likeness (QED) is 0.535. The van der Waals surface area contributed by atoms with Crippen LogP contribution in [0.4, 0.5) is 10.6 Å². The van der Waals surface area contributed by atoms with E-state index in [9.17, 15) is 4.79 Å². The normalized spacial score (nSPS) is 18.8. The summed E-state index contributed by atoms with van der Waals surface area (Å²) in [5.41, 5.74) is 5.41. The van der Waals surface area contributed by atoms with Gasteiger partial charge in [0.05, 0.1) is 17.4 Å². The summed E-state index contributed by atoms with van der Waals surface area (Å²) in [4.78, 5) is 25.7. The summed E-state index contributed by atoms with van der Waals surface area (Å²) in [5, 5.41) is 8.81. The first-order valence-electron chi connectivity index (χ1n) is 11.9. The number of fused-ring (bicyclic) bond motifs is 2. The molecule has 0 radical (unpaired) electrons. The summed E-state index contributed by atoms with van der Waals surface area (Å²) in [7, 11) is 0. The van der Waals surface area contributed by atoms with Gasteiger partial charge in [-0.05, 0) is 81.7 Å². The number of rotatable bonds is 2. The van der Waals surface area contributed by atoms with Gasteiger partial charge in [0.1, 0.15) is 11.4 Å². The number of nitrogens with zero attached hydrogens (tertiary/aromatic N) is 5. The van der Waals surface area contributed by atoms with E-state index in [1.54, 1.807) is 4.90 Å². The molecule has 0 bridgehead atoms. The highest BCUT2D eigenvalue weighted by molar-refractivity contribution is 6.28. The number of hydrogen-bond acceptors (Lipinski definition) is 6. The summed E-state index contributed by atoms with van der Waals surface area (Å²) in [6.07, 6.45) is 4.41. The van der Waals surface area contributed by atoms with Crippen molar-refractivity contribution in [3.05, 3.63) is 46.0 Å². The van der Waals surface area contributed by atoms with Gasteiger partial charge in [0.2, 0.25) is 5.28 Å². The molecule has 2 aromatic heterocycles. The van der Waals surface area contributed by atoms with E-state index in [4.69, 9.17) is 16.3 Å². The second-order valence-corrected chi connectivity index (χ2v) is 10.6. The van der Waals surface area contributed by atoms with Crippen LogP contribution < -0.4 is 4.90 Å². The molecule has 2 aliphatic rings. The van der Waals surface area contributed by atoms with Gasteiger partial charge in [0.25, 0.3) is 0 Å². The van der Waals surface area contributed by atoms with Crippen LogP contribution in [0.5, 0.6) is 0 Å². The van der Waals surface area contributed by atoms with Crippen LogP contribution in [0.3, 0.4) is 0 Å². The first-order chi connectivity index (χ1) is 16.2. The van der Waals surface area contributed by atoms with E-state index in [1.807, 2.05) is 27.0 Å². The molecule has 1 fully saturated rings. The number of benzene rings is 1. The largest absolute Gasteiger partial charge is 0.444 e. The molecule has 0 saturated carbocycles. The fraction of sp³-hybridized carbons (Fsp3) is 0.520. The lowest BCUT2D eigenvalue weighted by molar-refractivity contribution is 0.0240. The van der Waals surface area contributed by atoms with Crippen LogP contribution in [0, 0.1) is 6.92 Å². The van der Waals surface area contributed by atoms with Crippen LogP contribution in [0.15, 0.2) is 18.3 Å². The summed E-state index contributed by atoms with van der Waals surface area (Å²) in [5.74, 6) is 1.27. The molecule has 1 aliphatic carbocycles. The van der Waals surface area contributed by atoms with Gasteiger partial charge in [-0.3, -0.25) is 5.10 Å². The minimum atomic E-state index is -0.497. The Kier molecular flexibility index (Phi) is 5.88. The summed E-state index contributed by atoms with van der Waals surface area (Å²) in [6, 6.07) is 4.25. The molecule has 0 spiro atoms. The molecule has 5 rings (SSSR count). The van der Waals surface area contributed by atoms with Crippen LogP contribution >= 0.6 is 11.6 Å². The third kappa shape index (κ3) is 4.43. The van der Waals surface area contributed by atoms with Crippen molar-refractivity contribution < 1.29 is 9.53 Å². The molecule has 3 heterocycles. The number of hydrogen-bond donors (Lipinski definition) is 1. The molecule has 34 heavy (non-hydrogen) atoms. The Bertz CT molecular complexity index is 1230. The van der Waals surface area contributed by atoms with Crippen LogP contribution in [0.1, 0.15) is 55.5 Å². The van der Waals surface area contributed by atoms with Gasteiger partial charge in [-0.2, -0.15) is 5.10 Å². The van der Waals surface area contributed by atoms with E-state index in [-0.39, 0.29) is 11.4 Å². The Hall–Kier alpha value is -2.87. The number of aryl methyl sites for hydroxylation is 1. The average Bonchev–Trinajstić information content (AvgIpc) is 3.25. The standard InChI is InChI=1S/C25H31ClN6O2/c1-15-5-8-19-18(14-27-30-19)21(15)16-6-7-17-20(13-16)28-23(26)29-22(17)31-9-11-32(12-10-31)24(33)34-25(2,3)4/h5,8,14,16H,6-7,9-13H2,1-4H3,(H,27,30). The fourth-order valence-corrected chi connectivity index (χ4v) is 5.37. The molecule has 9 heteroatoms. The number of nitrogens with one attached hydrogen (secondary N) is 1. The third-order valence-electron chi connectivity index (χ3n) is 6.75. The summed E-state index contributed by atoms with van der Waals surface area (Å²) < 4.78 is 5.53. The first-order valence-corrected chi connectivity index (χ1v) is 12.3. The Morgan fingerprint density at radius 1 is 1.18 bits per heavy atom. The number of aromatic nitrogens is 4. The van der Waals surface area contributed by atoms with Gasteiger partial charge in [-0.1, -0.05) is 6.07 Å². The SMILES string of the molecule is Cc1ccc2[nH]ncc2c1C1CCc2c(nc(Cl)nc2N2CCN(C(=O)OC(C)(C)C)CC2)C1. The van der Waals surface area contributed by atoms with Crippen molar-refractivity contribution in [2.24, 2.45) is 0 Å². The number of anilines is 1. The highest BCUT2D eigenvalue weighted by Crippen LogP contribution is 2.39. The van der Waals surface area contributed by atoms with Crippen molar-refractivity contribution in [1.82, 2.24) is 25.1 Å². The maximum atomic E-state index is 12.4. The van der Waals surface area contributed by atoms with E-state index in [0.717, 1.165) is 36.3 Å². The number of H-pyrrole nitrogens is 1. The van der Waals surface area contributed by atoms with Crippen molar-refractivity contribution in [2.45, 2.75) is 58.5 Å². The van der Waals surface area contributed by atoms with E-state index < -0.39 is 5.60 Å². The van der Waals surface area contributed by atoms with E-state index in [0.29, 0.717) is 32.1 Å². The number of carbonyl (C=O) groups is 1. The van der Waals surface area contributed by atoms with E-state index in [2.05, 4.69) is 44.1 Å². The zero-order valence-electron chi connectivity index (χ0n) is 20.2. The maximum absolute atomic E-state index is 12.4. The topological polar surface area (TPSA) is 87.2 Å². The van der Waals surface area contributed by atoms with Crippen LogP contribution in [0.2, 0.25) is 5.28 Å². The Balaban J connectivity index is 1.36. The van der Waals surface area contributed by atoms with Gasteiger partial charge >= 0.3 is 6.09 Å². The molecule has 1 N–H and O–H groups in total. The molecule has 1 unspecified atom stereocenters. The maximum Gasteiger partial charge on any atom is 0.410 e. The van der Waals surface area contributed by atoms with Crippen molar-refractivity contribution in [1.29, 1.82) is 0 Å². The van der Waals surface area contributed by atoms with E-state index in [1.165, 1.54) is 22.1 Å². The zero-order chi connectivity index (χ0) is 24.0. The predicted octanol–water partition coefficient (Wildman–Crippen LogP) is 4.64. The van der Waals surface area contributed by atoms with E-state index >= 15 is 0 Å². The number of ether oxygens (including phenoxy) is 1. The van der Waals surface area contributed by atoms with Crippen molar-refractivity contribution in [3.63, 3.8) is 0 Å². The molecular formula is C25H31ClN6O2. The molecular weight excluding hydrogens is 452 g/mol. The minimum absolute atomic E-state index is 0.262. The highest BCUT2D eigenvalue weighted by Gasteiger charge is 2.31. The Labute approximate surface area is 204 Å². The minimum Gasteiger partial charge on any atom is -0.444 e.